The Morgan fingerprint density at radius 3 is 2.35 bits per heavy atom. The molecule has 0 bridgehead atoms. The quantitative estimate of drug-likeness (QED) is 0.328. The third kappa shape index (κ3) is 3.85. The van der Waals surface area contributed by atoms with Crippen molar-refractivity contribution >= 4 is 23.4 Å². The van der Waals surface area contributed by atoms with Gasteiger partial charge in [-0.05, 0) is 23.8 Å². The van der Waals surface area contributed by atoms with E-state index in [-0.39, 0.29) is 0 Å². The zero-order valence-corrected chi connectivity index (χ0v) is 12.5. The van der Waals surface area contributed by atoms with Crippen molar-refractivity contribution in [3.63, 3.8) is 0 Å². The molecule has 5 nitrogen and oxygen atoms in total. The molecule has 0 aliphatic rings. The Morgan fingerprint density at radius 2 is 1.75 bits per heavy atom. The molecule has 0 aliphatic heterocycles. The number of rotatable bonds is 6. The van der Waals surface area contributed by atoms with Gasteiger partial charge in [0, 0.05) is 12.6 Å². The van der Waals surface area contributed by atoms with E-state index in [1.807, 2.05) is 6.26 Å². The molecule has 106 valence electrons. The van der Waals surface area contributed by atoms with Crippen LogP contribution < -0.4 is 16.6 Å². The lowest BCUT2D eigenvalue weighted by molar-refractivity contribution is 0.953. The van der Waals surface area contributed by atoms with Gasteiger partial charge in [-0.2, -0.15) is 0 Å². The van der Waals surface area contributed by atoms with Crippen LogP contribution in [0.1, 0.15) is 18.1 Å². The van der Waals surface area contributed by atoms with Gasteiger partial charge in [-0.1, -0.05) is 43.0 Å². The van der Waals surface area contributed by atoms with Crippen molar-refractivity contribution in [2.45, 2.75) is 25.0 Å². The smallest absolute Gasteiger partial charge is 0.191 e. The summed E-state index contributed by atoms with van der Waals surface area (Å²) in [5.41, 5.74) is 5.11. The van der Waals surface area contributed by atoms with E-state index in [4.69, 9.17) is 5.84 Å². The maximum Gasteiger partial charge on any atom is 0.191 e. The minimum Gasteiger partial charge on any atom is -0.366 e. The number of nitrogen functional groups attached to an aromatic ring is 1. The molecule has 2 aromatic rings. The van der Waals surface area contributed by atoms with Gasteiger partial charge in [0.2, 0.25) is 0 Å². The lowest BCUT2D eigenvalue weighted by Gasteiger charge is -2.09. The summed E-state index contributed by atoms with van der Waals surface area (Å²) in [4.78, 5) is 8.62. The minimum atomic E-state index is 0.605. The maximum absolute atomic E-state index is 5.40. The van der Waals surface area contributed by atoms with Crippen LogP contribution in [0.4, 0.5) is 11.6 Å². The average Bonchev–Trinajstić information content (AvgIpc) is 2.53. The first-order chi connectivity index (χ1) is 9.75. The molecule has 1 aromatic heterocycles. The number of hydrogen-bond acceptors (Lipinski definition) is 6. The van der Waals surface area contributed by atoms with Crippen molar-refractivity contribution in [3.05, 3.63) is 41.5 Å². The molecule has 0 radical (unpaired) electrons. The van der Waals surface area contributed by atoms with Crippen LogP contribution in [-0.2, 0) is 13.0 Å². The van der Waals surface area contributed by atoms with E-state index in [0.29, 0.717) is 11.0 Å². The first-order valence-corrected chi connectivity index (χ1v) is 7.69. The van der Waals surface area contributed by atoms with Gasteiger partial charge < -0.3 is 10.7 Å². The van der Waals surface area contributed by atoms with Gasteiger partial charge >= 0.3 is 0 Å². The van der Waals surface area contributed by atoms with E-state index in [0.717, 1.165) is 18.8 Å². The number of nitrogens with one attached hydrogen (secondary N) is 2. The van der Waals surface area contributed by atoms with Crippen molar-refractivity contribution in [1.29, 1.82) is 0 Å². The molecule has 4 N–H and O–H groups in total. The Balaban J connectivity index is 2.05. The maximum atomic E-state index is 5.40. The van der Waals surface area contributed by atoms with Crippen LogP contribution in [0.25, 0.3) is 0 Å². The summed E-state index contributed by atoms with van der Waals surface area (Å²) in [6.07, 6.45) is 2.99. The molecule has 20 heavy (non-hydrogen) atoms. The summed E-state index contributed by atoms with van der Waals surface area (Å²) in [7, 11) is 0. The summed E-state index contributed by atoms with van der Waals surface area (Å²) >= 11 is 1.48. The second-order valence-electron chi connectivity index (χ2n) is 4.29. The highest BCUT2D eigenvalue weighted by Gasteiger charge is 2.03. The molecule has 1 heterocycles. The number of aryl methyl sites for hydroxylation is 1. The summed E-state index contributed by atoms with van der Waals surface area (Å²) in [5, 5.41) is 3.97. The highest BCUT2D eigenvalue weighted by molar-refractivity contribution is 7.98. The van der Waals surface area contributed by atoms with Crippen LogP contribution in [-0.4, -0.2) is 16.2 Å². The third-order valence-electron chi connectivity index (χ3n) is 2.94. The average molecular weight is 289 g/mol. The Labute approximate surface area is 123 Å². The van der Waals surface area contributed by atoms with Crippen molar-refractivity contribution < 1.29 is 0 Å². The van der Waals surface area contributed by atoms with E-state index in [2.05, 4.69) is 51.9 Å². The van der Waals surface area contributed by atoms with Gasteiger partial charge in [-0.25, -0.2) is 15.8 Å². The number of anilines is 2. The van der Waals surface area contributed by atoms with Crippen LogP contribution in [0.3, 0.4) is 0 Å². The number of hydrazine groups is 1. The fraction of sp³-hybridized carbons (Fsp3) is 0.286. The number of thioether (sulfide) groups is 1. The Hall–Kier alpha value is -1.79. The van der Waals surface area contributed by atoms with Gasteiger partial charge in [0.15, 0.2) is 5.16 Å². The van der Waals surface area contributed by atoms with E-state index in [9.17, 15) is 0 Å². The van der Waals surface area contributed by atoms with Crippen LogP contribution in [0.5, 0.6) is 0 Å². The highest BCUT2D eigenvalue weighted by Crippen LogP contribution is 2.17. The molecular formula is C14H19N5S. The molecule has 0 amide bonds. The van der Waals surface area contributed by atoms with Gasteiger partial charge in [0.1, 0.15) is 11.6 Å². The molecule has 0 saturated carbocycles. The largest absolute Gasteiger partial charge is 0.366 e. The molecule has 0 saturated heterocycles. The van der Waals surface area contributed by atoms with E-state index in [1.54, 1.807) is 6.07 Å². The third-order valence-corrected chi connectivity index (χ3v) is 3.49. The number of benzene rings is 1. The van der Waals surface area contributed by atoms with Crippen molar-refractivity contribution in [2.75, 3.05) is 17.0 Å². The number of hydrogen-bond donors (Lipinski definition) is 3. The first kappa shape index (κ1) is 14.6. The Bertz CT molecular complexity index is 534. The summed E-state index contributed by atoms with van der Waals surface area (Å²) in [5.74, 6) is 6.77. The SMILES string of the molecule is CCc1ccc(CNc2cc(NN)nc(SC)n2)cc1. The zero-order chi connectivity index (χ0) is 14.4. The van der Waals surface area contributed by atoms with E-state index in [1.165, 1.54) is 22.9 Å². The molecule has 6 heteroatoms. The molecule has 0 unspecified atom stereocenters. The van der Waals surface area contributed by atoms with Gasteiger partial charge in [0.25, 0.3) is 0 Å². The zero-order valence-electron chi connectivity index (χ0n) is 11.7. The molecule has 0 spiro atoms. The monoisotopic (exact) mass is 289 g/mol. The second-order valence-corrected chi connectivity index (χ2v) is 5.07. The minimum absolute atomic E-state index is 0.605. The van der Waals surface area contributed by atoms with Crippen molar-refractivity contribution in [1.82, 2.24) is 9.97 Å². The van der Waals surface area contributed by atoms with Crippen molar-refractivity contribution in [3.8, 4) is 0 Å². The van der Waals surface area contributed by atoms with Crippen LogP contribution in [0, 0.1) is 0 Å². The van der Waals surface area contributed by atoms with Crippen LogP contribution in [0.15, 0.2) is 35.5 Å². The van der Waals surface area contributed by atoms with Gasteiger partial charge in [-0.3, -0.25) is 0 Å². The second kappa shape index (κ2) is 7.12. The number of nitrogens with two attached hydrogens (primary N) is 1. The van der Waals surface area contributed by atoms with E-state index >= 15 is 0 Å². The fourth-order valence-electron chi connectivity index (χ4n) is 1.77. The van der Waals surface area contributed by atoms with Crippen molar-refractivity contribution in [2.24, 2.45) is 5.84 Å². The first-order valence-electron chi connectivity index (χ1n) is 6.46. The van der Waals surface area contributed by atoms with Crippen LogP contribution in [0.2, 0.25) is 0 Å². The topological polar surface area (TPSA) is 75.9 Å². The highest BCUT2D eigenvalue weighted by atomic mass is 32.2. The van der Waals surface area contributed by atoms with E-state index < -0.39 is 0 Å². The molecule has 2 rings (SSSR count). The Kier molecular flexibility index (Phi) is 5.20. The molecule has 0 atom stereocenters. The van der Waals surface area contributed by atoms with Gasteiger partial charge in [-0.15, -0.1) is 0 Å². The van der Waals surface area contributed by atoms with Gasteiger partial charge in [0.05, 0.1) is 0 Å². The predicted molar refractivity (Wildman–Crippen MR) is 84.8 cm³/mol. The number of aromatic nitrogens is 2. The molecule has 1 aromatic carbocycles. The standard InChI is InChI=1S/C14H19N5S/c1-3-10-4-6-11(7-5-10)9-16-12-8-13(19-15)18-14(17-12)20-2/h4-8H,3,9,15H2,1-2H3,(H2,16,17,18,19). The lowest BCUT2D eigenvalue weighted by Crippen LogP contribution is -2.11. The molecule has 0 fully saturated rings. The summed E-state index contributed by atoms with van der Waals surface area (Å²) in [6, 6.07) is 10.4. The predicted octanol–water partition coefficient (Wildman–Crippen LogP) is 2.66. The summed E-state index contributed by atoms with van der Waals surface area (Å²) < 4.78 is 0. The summed E-state index contributed by atoms with van der Waals surface area (Å²) in [6.45, 7) is 2.87. The van der Waals surface area contributed by atoms with Crippen LogP contribution >= 0.6 is 11.8 Å². The molecule has 0 aliphatic carbocycles. The Morgan fingerprint density at radius 1 is 1.10 bits per heavy atom. The lowest BCUT2D eigenvalue weighted by atomic mass is 10.1. The normalized spacial score (nSPS) is 10.3. The fourth-order valence-corrected chi connectivity index (χ4v) is 2.15. The molecular weight excluding hydrogens is 270 g/mol. The number of nitrogens with zero attached hydrogens (tertiary/aromatic N) is 2.